The molecule has 1 unspecified atom stereocenters. The lowest BCUT2D eigenvalue weighted by Crippen LogP contribution is -2.60. The van der Waals surface area contributed by atoms with E-state index in [9.17, 15) is 0 Å². The van der Waals surface area contributed by atoms with Gasteiger partial charge in [0.25, 0.3) is 0 Å². The van der Waals surface area contributed by atoms with E-state index in [-0.39, 0.29) is 0 Å². The van der Waals surface area contributed by atoms with Crippen molar-refractivity contribution >= 4 is 0 Å². The van der Waals surface area contributed by atoms with Gasteiger partial charge in [0.05, 0.1) is 6.61 Å². The Hall–Kier alpha value is -2.62. The molecule has 2 heterocycles. The van der Waals surface area contributed by atoms with E-state index in [0.29, 0.717) is 18.0 Å². The Morgan fingerprint density at radius 3 is 2.09 bits per heavy atom. The quantitative estimate of drug-likeness (QED) is 0.491. The molecular weight excluding hydrogens is 392 g/mol. The Bertz CT molecular complexity index is 934. The van der Waals surface area contributed by atoms with Gasteiger partial charge in [-0.2, -0.15) is 0 Å². The van der Waals surface area contributed by atoms with Crippen molar-refractivity contribution in [2.45, 2.75) is 44.3 Å². The molecule has 3 nitrogen and oxygen atoms in total. The van der Waals surface area contributed by atoms with Crippen LogP contribution in [0.5, 0.6) is 5.75 Å². The monoisotopic (exact) mass is 426 g/mol. The fourth-order valence-electron chi connectivity index (χ4n) is 5.67. The van der Waals surface area contributed by atoms with Gasteiger partial charge in [0.1, 0.15) is 5.75 Å². The molecule has 2 saturated heterocycles. The van der Waals surface area contributed by atoms with Crippen molar-refractivity contribution in [1.29, 1.82) is 0 Å². The smallest absolute Gasteiger partial charge is 0.119 e. The normalized spacial score (nSPS) is 23.2. The van der Waals surface area contributed by atoms with E-state index < -0.39 is 0 Å². The third kappa shape index (κ3) is 4.60. The molecule has 32 heavy (non-hydrogen) atoms. The molecule has 0 radical (unpaired) electrons. The summed E-state index contributed by atoms with van der Waals surface area (Å²) in [7, 11) is 0. The number of piperazine rings is 1. The van der Waals surface area contributed by atoms with Gasteiger partial charge in [-0.3, -0.25) is 9.80 Å². The first kappa shape index (κ1) is 21.2. The van der Waals surface area contributed by atoms with Crippen molar-refractivity contribution in [2.75, 3.05) is 26.2 Å². The van der Waals surface area contributed by atoms with E-state index in [1.54, 1.807) is 0 Å². The molecule has 0 saturated carbocycles. The average Bonchev–Trinajstić information content (AvgIpc) is 2.85. The molecule has 0 amide bonds. The highest BCUT2D eigenvalue weighted by Crippen LogP contribution is 2.38. The van der Waals surface area contributed by atoms with Crippen molar-refractivity contribution in [3.05, 3.63) is 102 Å². The van der Waals surface area contributed by atoms with Crippen molar-refractivity contribution in [1.82, 2.24) is 9.80 Å². The first-order valence-corrected chi connectivity index (χ1v) is 12.1. The van der Waals surface area contributed by atoms with E-state index in [0.717, 1.165) is 32.0 Å². The second-order valence-electron chi connectivity index (χ2n) is 9.14. The lowest BCUT2D eigenvalue weighted by atomic mass is 9.79. The average molecular weight is 427 g/mol. The summed E-state index contributed by atoms with van der Waals surface area (Å²) in [5, 5.41) is 0. The van der Waals surface area contributed by atoms with Gasteiger partial charge in [0, 0.05) is 44.2 Å². The fraction of sp³-hybridized carbons (Fsp3) is 0.379. The van der Waals surface area contributed by atoms with Gasteiger partial charge in [-0.1, -0.05) is 72.8 Å². The molecule has 2 bridgehead atoms. The lowest BCUT2D eigenvalue weighted by Gasteiger charge is -2.51. The standard InChI is InChI=1S/C29H34N2O/c1-2-32-27-16-13-23(14-17-27)21-30-19-20-31-22-26(30)15-18-28(31)29(24-9-5-3-6-10-24)25-11-7-4-8-12-25/h3-14,16-17,26,28-29H,2,15,18-22H2,1H3/t26-,28-/m1/s1. The van der Waals surface area contributed by atoms with Crippen LogP contribution in [0.1, 0.15) is 42.4 Å². The summed E-state index contributed by atoms with van der Waals surface area (Å²) in [5.41, 5.74) is 4.27. The number of hydrogen-bond acceptors (Lipinski definition) is 3. The molecule has 2 fully saturated rings. The molecule has 2 aliphatic heterocycles. The Kier molecular flexibility index (Phi) is 6.56. The van der Waals surface area contributed by atoms with Crippen LogP contribution in [0.4, 0.5) is 0 Å². The predicted octanol–water partition coefficient (Wildman–Crippen LogP) is 5.57. The summed E-state index contributed by atoms with van der Waals surface area (Å²) in [6.45, 7) is 7.26. The number of rotatable bonds is 7. The summed E-state index contributed by atoms with van der Waals surface area (Å²) in [6, 6.07) is 32.1. The van der Waals surface area contributed by atoms with Crippen LogP contribution in [-0.2, 0) is 6.54 Å². The van der Waals surface area contributed by atoms with Gasteiger partial charge >= 0.3 is 0 Å². The fourth-order valence-corrected chi connectivity index (χ4v) is 5.67. The minimum absolute atomic E-state index is 0.441. The zero-order valence-corrected chi connectivity index (χ0v) is 19.1. The number of piperidine rings is 1. The van der Waals surface area contributed by atoms with Crippen LogP contribution in [0.2, 0.25) is 0 Å². The maximum Gasteiger partial charge on any atom is 0.119 e. The van der Waals surface area contributed by atoms with Crippen LogP contribution in [0.15, 0.2) is 84.9 Å². The SMILES string of the molecule is CCOc1ccc(CN2CCN3C[C@H]2CC[C@@H]3C(c2ccccc2)c2ccccc2)cc1. The third-order valence-corrected chi connectivity index (χ3v) is 7.22. The Morgan fingerprint density at radius 1 is 0.812 bits per heavy atom. The van der Waals surface area contributed by atoms with Gasteiger partial charge in [-0.25, -0.2) is 0 Å². The molecule has 0 N–H and O–H groups in total. The molecular formula is C29H34N2O. The number of ether oxygens (including phenoxy) is 1. The zero-order valence-electron chi connectivity index (χ0n) is 19.1. The Morgan fingerprint density at radius 2 is 1.47 bits per heavy atom. The zero-order chi connectivity index (χ0) is 21.8. The topological polar surface area (TPSA) is 15.7 Å². The summed E-state index contributed by atoms with van der Waals surface area (Å²) < 4.78 is 5.60. The molecule has 0 aromatic heterocycles. The molecule has 3 heteroatoms. The van der Waals surface area contributed by atoms with Gasteiger partial charge in [0.15, 0.2) is 0 Å². The van der Waals surface area contributed by atoms with Crippen LogP contribution in [0, 0.1) is 0 Å². The maximum atomic E-state index is 5.60. The minimum Gasteiger partial charge on any atom is -0.494 e. The maximum absolute atomic E-state index is 5.60. The molecule has 3 aromatic carbocycles. The van der Waals surface area contributed by atoms with Crippen LogP contribution in [0.3, 0.4) is 0 Å². The summed E-state index contributed by atoms with van der Waals surface area (Å²) in [4.78, 5) is 5.47. The lowest BCUT2D eigenvalue weighted by molar-refractivity contribution is -0.00356. The van der Waals surface area contributed by atoms with Crippen molar-refractivity contribution in [3.63, 3.8) is 0 Å². The molecule has 3 atom stereocenters. The van der Waals surface area contributed by atoms with Crippen molar-refractivity contribution < 1.29 is 4.74 Å². The number of nitrogens with zero attached hydrogens (tertiary/aromatic N) is 2. The van der Waals surface area contributed by atoms with Gasteiger partial charge in [-0.15, -0.1) is 0 Å². The van der Waals surface area contributed by atoms with Crippen molar-refractivity contribution in [3.8, 4) is 5.75 Å². The number of fused-ring (bicyclic) bond motifs is 2. The van der Waals surface area contributed by atoms with Gasteiger partial charge < -0.3 is 4.74 Å². The highest BCUT2D eigenvalue weighted by atomic mass is 16.5. The predicted molar refractivity (Wildman–Crippen MR) is 131 cm³/mol. The van der Waals surface area contributed by atoms with E-state index in [1.807, 2.05) is 6.92 Å². The first-order chi connectivity index (χ1) is 15.8. The largest absolute Gasteiger partial charge is 0.494 e. The van der Waals surface area contributed by atoms with E-state index in [2.05, 4.69) is 94.7 Å². The van der Waals surface area contributed by atoms with Crippen LogP contribution < -0.4 is 4.74 Å². The molecule has 3 aromatic rings. The number of benzene rings is 3. The summed E-state index contributed by atoms with van der Waals surface area (Å²) in [6.07, 6.45) is 2.52. The molecule has 0 spiro atoms. The summed E-state index contributed by atoms with van der Waals surface area (Å²) in [5.74, 6) is 1.41. The molecule has 2 aliphatic rings. The molecule has 5 rings (SSSR count). The summed E-state index contributed by atoms with van der Waals surface area (Å²) >= 11 is 0. The van der Waals surface area contributed by atoms with Crippen LogP contribution in [0.25, 0.3) is 0 Å². The Balaban J connectivity index is 1.30. The van der Waals surface area contributed by atoms with Crippen LogP contribution >= 0.6 is 0 Å². The highest BCUT2D eigenvalue weighted by Gasteiger charge is 2.39. The van der Waals surface area contributed by atoms with Gasteiger partial charge in [0.2, 0.25) is 0 Å². The minimum atomic E-state index is 0.441. The third-order valence-electron chi connectivity index (χ3n) is 7.22. The number of hydrogen-bond donors (Lipinski definition) is 0. The van der Waals surface area contributed by atoms with E-state index in [4.69, 9.17) is 4.74 Å². The highest BCUT2D eigenvalue weighted by molar-refractivity contribution is 5.35. The second-order valence-corrected chi connectivity index (χ2v) is 9.14. The Labute approximate surface area is 192 Å². The van der Waals surface area contributed by atoms with Crippen LogP contribution in [-0.4, -0.2) is 48.1 Å². The van der Waals surface area contributed by atoms with Crippen molar-refractivity contribution in [2.24, 2.45) is 0 Å². The van der Waals surface area contributed by atoms with E-state index in [1.165, 1.54) is 36.1 Å². The van der Waals surface area contributed by atoms with Gasteiger partial charge in [-0.05, 0) is 48.6 Å². The first-order valence-electron chi connectivity index (χ1n) is 12.1. The molecule has 166 valence electrons. The van der Waals surface area contributed by atoms with E-state index >= 15 is 0 Å². The second kappa shape index (κ2) is 9.89. The molecule has 0 aliphatic carbocycles.